The number of amides is 2. The van der Waals surface area contributed by atoms with Crippen molar-refractivity contribution in [2.75, 3.05) is 19.8 Å². The van der Waals surface area contributed by atoms with Crippen LogP contribution in [0.15, 0.2) is 12.1 Å². The predicted octanol–water partition coefficient (Wildman–Crippen LogP) is 1.63. The normalized spacial score (nSPS) is 26.1. The van der Waals surface area contributed by atoms with Gasteiger partial charge in [-0.25, -0.2) is 0 Å². The molecule has 0 radical (unpaired) electrons. The first-order valence-electron chi connectivity index (χ1n) is 6.92. The summed E-state index contributed by atoms with van der Waals surface area (Å²) in [5.74, 6) is -0.473. The maximum absolute atomic E-state index is 12.7. The summed E-state index contributed by atoms with van der Waals surface area (Å²) in [4.78, 5) is 26.9. The van der Waals surface area contributed by atoms with Crippen LogP contribution < -0.4 is 5.73 Å². The first kappa shape index (κ1) is 13.6. The SMILES string of the molecule is NC(=O)c1ccc(C(=O)N2CCCC[C@@]23CCOC3)s1. The third-order valence-electron chi connectivity index (χ3n) is 4.23. The van der Waals surface area contributed by atoms with E-state index in [-0.39, 0.29) is 11.4 Å². The minimum absolute atomic E-state index is 0.00713. The van der Waals surface area contributed by atoms with Crippen molar-refractivity contribution in [2.45, 2.75) is 31.2 Å². The van der Waals surface area contributed by atoms with Gasteiger partial charge in [0.15, 0.2) is 0 Å². The molecule has 2 aliphatic rings. The Labute approximate surface area is 121 Å². The van der Waals surface area contributed by atoms with Crippen LogP contribution in [0.5, 0.6) is 0 Å². The van der Waals surface area contributed by atoms with Gasteiger partial charge >= 0.3 is 0 Å². The largest absolute Gasteiger partial charge is 0.379 e. The lowest BCUT2D eigenvalue weighted by molar-refractivity contribution is 0.0260. The van der Waals surface area contributed by atoms with E-state index >= 15 is 0 Å². The molecule has 6 heteroatoms. The number of likely N-dealkylation sites (tertiary alicyclic amines) is 1. The maximum Gasteiger partial charge on any atom is 0.264 e. The number of primary amides is 1. The van der Waals surface area contributed by atoms with Gasteiger partial charge in [0.25, 0.3) is 11.8 Å². The van der Waals surface area contributed by atoms with Gasteiger partial charge in [-0.15, -0.1) is 11.3 Å². The van der Waals surface area contributed by atoms with Gasteiger partial charge in [0.1, 0.15) is 0 Å². The van der Waals surface area contributed by atoms with Gasteiger partial charge < -0.3 is 15.4 Å². The number of thiophene rings is 1. The number of hydrogen-bond acceptors (Lipinski definition) is 4. The van der Waals surface area contributed by atoms with Crippen LogP contribution in [0.1, 0.15) is 45.0 Å². The van der Waals surface area contributed by atoms with Gasteiger partial charge in [0, 0.05) is 13.2 Å². The highest BCUT2D eigenvalue weighted by molar-refractivity contribution is 7.15. The Bertz CT molecular complexity index is 534. The van der Waals surface area contributed by atoms with Crippen LogP contribution in [0, 0.1) is 0 Å². The van der Waals surface area contributed by atoms with Crippen LogP contribution >= 0.6 is 11.3 Å². The van der Waals surface area contributed by atoms with Gasteiger partial charge in [-0.05, 0) is 37.8 Å². The van der Waals surface area contributed by atoms with E-state index in [1.165, 1.54) is 11.3 Å². The van der Waals surface area contributed by atoms with E-state index in [2.05, 4.69) is 0 Å². The quantitative estimate of drug-likeness (QED) is 0.901. The average molecular weight is 294 g/mol. The number of nitrogens with zero attached hydrogens (tertiary/aromatic N) is 1. The molecular formula is C14H18N2O3S. The summed E-state index contributed by atoms with van der Waals surface area (Å²) in [7, 11) is 0. The number of nitrogens with two attached hydrogens (primary N) is 1. The molecule has 0 unspecified atom stereocenters. The minimum atomic E-state index is -0.480. The molecule has 5 nitrogen and oxygen atoms in total. The molecule has 0 bridgehead atoms. The molecule has 1 aromatic heterocycles. The second-order valence-corrected chi connectivity index (χ2v) is 6.55. The van der Waals surface area contributed by atoms with Crippen molar-refractivity contribution in [3.63, 3.8) is 0 Å². The molecule has 2 amide bonds. The van der Waals surface area contributed by atoms with E-state index in [1.807, 2.05) is 4.90 Å². The lowest BCUT2D eigenvalue weighted by Crippen LogP contribution is -2.55. The molecule has 2 aliphatic heterocycles. The van der Waals surface area contributed by atoms with Crippen LogP contribution in [0.25, 0.3) is 0 Å². The molecule has 1 atom stereocenters. The lowest BCUT2D eigenvalue weighted by atomic mass is 9.85. The third-order valence-corrected chi connectivity index (χ3v) is 5.32. The first-order valence-corrected chi connectivity index (χ1v) is 7.73. The van der Waals surface area contributed by atoms with E-state index in [4.69, 9.17) is 10.5 Å². The number of ether oxygens (including phenoxy) is 1. The maximum atomic E-state index is 12.7. The topological polar surface area (TPSA) is 72.6 Å². The predicted molar refractivity (Wildman–Crippen MR) is 75.9 cm³/mol. The molecule has 2 N–H and O–H groups in total. The Morgan fingerprint density at radius 1 is 1.25 bits per heavy atom. The highest BCUT2D eigenvalue weighted by atomic mass is 32.1. The van der Waals surface area contributed by atoms with Crippen molar-refractivity contribution >= 4 is 23.2 Å². The van der Waals surface area contributed by atoms with Gasteiger partial charge in [0.05, 0.1) is 21.9 Å². The molecule has 2 fully saturated rings. The van der Waals surface area contributed by atoms with Crippen molar-refractivity contribution in [1.29, 1.82) is 0 Å². The zero-order valence-electron chi connectivity index (χ0n) is 11.3. The Morgan fingerprint density at radius 2 is 2.05 bits per heavy atom. The second-order valence-electron chi connectivity index (χ2n) is 5.47. The number of piperidine rings is 1. The van der Waals surface area contributed by atoms with Crippen LogP contribution in [0.3, 0.4) is 0 Å². The number of carbonyl (C=O) groups is 2. The molecule has 3 heterocycles. The summed E-state index contributed by atoms with van der Waals surface area (Å²) in [5.41, 5.74) is 5.12. The minimum Gasteiger partial charge on any atom is -0.379 e. The van der Waals surface area contributed by atoms with E-state index in [0.717, 1.165) is 38.8 Å². The molecule has 0 aliphatic carbocycles. The van der Waals surface area contributed by atoms with Gasteiger partial charge in [-0.2, -0.15) is 0 Å². The Kier molecular flexibility index (Phi) is 3.52. The molecule has 108 valence electrons. The Hall–Kier alpha value is -1.40. The third kappa shape index (κ3) is 2.23. The zero-order chi connectivity index (χ0) is 14.2. The van der Waals surface area contributed by atoms with Crippen molar-refractivity contribution in [3.05, 3.63) is 21.9 Å². The summed E-state index contributed by atoms with van der Waals surface area (Å²) in [6.45, 7) is 2.12. The van der Waals surface area contributed by atoms with Gasteiger partial charge in [0.2, 0.25) is 0 Å². The zero-order valence-corrected chi connectivity index (χ0v) is 12.1. The number of hydrogen-bond donors (Lipinski definition) is 1. The summed E-state index contributed by atoms with van der Waals surface area (Å²) < 4.78 is 5.53. The monoisotopic (exact) mass is 294 g/mol. The van der Waals surface area contributed by atoms with Crippen molar-refractivity contribution in [2.24, 2.45) is 5.73 Å². The summed E-state index contributed by atoms with van der Waals surface area (Å²) in [6.07, 6.45) is 4.09. The number of rotatable bonds is 2. The molecule has 20 heavy (non-hydrogen) atoms. The fourth-order valence-corrected chi connectivity index (χ4v) is 3.95. The van der Waals surface area contributed by atoms with Crippen LogP contribution in [-0.4, -0.2) is 42.0 Å². The van der Waals surface area contributed by atoms with Gasteiger partial charge in [-0.3, -0.25) is 9.59 Å². The molecule has 0 saturated carbocycles. The summed E-state index contributed by atoms with van der Waals surface area (Å²) in [5, 5.41) is 0. The Balaban J connectivity index is 1.85. The first-order chi connectivity index (χ1) is 9.62. The second kappa shape index (κ2) is 5.18. The molecular weight excluding hydrogens is 276 g/mol. The van der Waals surface area contributed by atoms with E-state index in [1.54, 1.807) is 12.1 Å². The Morgan fingerprint density at radius 3 is 2.70 bits per heavy atom. The fraction of sp³-hybridized carbons (Fsp3) is 0.571. The molecule has 2 saturated heterocycles. The van der Waals surface area contributed by atoms with Gasteiger partial charge in [-0.1, -0.05) is 0 Å². The van der Waals surface area contributed by atoms with Crippen LogP contribution in [0.4, 0.5) is 0 Å². The highest BCUT2D eigenvalue weighted by Gasteiger charge is 2.44. The standard InChI is InChI=1S/C14H18N2O3S/c15-12(17)10-3-4-11(20-10)13(18)16-7-2-1-5-14(16)6-8-19-9-14/h3-4H,1-2,5-9H2,(H2,15,17)/t14-/m0/s1. The van der Waals surface area contributed by atoms with E-state index in [9.17, 15) is 9.59 Å². The lowest BCUT2D eigenvalue weighted by Gasteiger charge is -2.43. The van der Waals surface area contributed by atoms with Crippen molar-refractivity contribution in [1.82, 2.24) is 4.90 Å². The average Bonchev–Trinajstić information content (AvgIpc) is 3.08. The van der Waals surface area contributed by atoms with Crippen molar-refractivity contribution in [3.8, 4) is 0 Å². The molecule has 0 aromatic carbocycles. The molecule has 3 rings (SSSR count). The smallest absolute Gasteiger partial charge is 0.264 e. The van der Waals surface area contributed by atoms with E-state index < -0.39 is 5.91 Å². The van der Waals surface area contributed by atoms with Crippen molar-refractivity contribution < 1.29 is 14.3 Å². The van der Waals surface area contributed by atoms with Crippen LogP contribution in [-0.2, 0) is 4.74 Å². The van der Waals surface area contributed by atoms with E-state index in [0.29, 0.717) is 16.4 Å². The molecule has 1 spiro atoms. The summed E-state index contributed by atoms with van der Waals surface area (Å²) >= 11 is 1.18. The fourth-order valence-electron chi connectivity index (χ4n) is 3.14. The molecule has 1 aromatic rings. The highest BCUT2D eigenvalue weighted by Crippen LogP contribution is 2.37. The van der Waals surface area contributed by atoms with Crippen LogP contribution in [0.2, 0.25) is 0 Å². The summed E-state index contributed by atoms with van der Waals surface area (Å²) in [6, 6.07) is 3.33. The number of carbonyl (C=O) groups excluding carboxylic acids is 2.